The lowest BCUT2D eigenvalue weighted by atomic mass is 10.1. The summed E-state index contributed by atoms with van der Waals surface area (Å²) in [6.45, 7) is 10.2. The van der Waals surface area contributed by atoms with Crippen molar-refractivity contribution in [2.75, 3.05) is 33.5 Å². The third-order valence-electron chi connectivity index (χ3n) is 10.5. The van der Waals surface area contributed by atoms with Crippen LogP contribution in [0.15, 0.2) is 54.7 Å². The molecule has 7 aromatic rings. The molecule has 0 bridgehead atoms. The monoisotopic (exact) mass is 845 g/mol. The minimum Gasteiger partial charge on any atom is -0.491 e. The molecule has 2 aromatic carbocycles. The first-order chi connectivity index (χ1) is 30.0. The molecular formula is C44H51N11O7. The van der Waals surface area contributed by atoms with E-state index in [-0.39, 0.29) is 49.7 Å². The summed E-state index contributed by atoms with van der Waals surface area (Å²) in [6.07, 6.45) is 6.24. The Bertz CT molecular complexity index is 2830. The highest BCUT2D eigenvalue weighted by Gasteiger charge is 2.23. The number of carbonyl (C=O) groups excluding carboxylic acids is 3. The Morgan fingerprint density at radius 2 is 1.52 bits per heavy atom. The van der Waals surface area contributed by atoms with Gasteiger partial charge in [-0.1, -0.05) is 12.2 Å². The molecule has 5 aromatic heterocycles. The van der Waals surface area contributed by atoms with E-state index in [9.17, 15) is 19.5 Å². The first-order valence-electron chi connectivity index (χ1n) is 20.5. The zero-order chi connectivity index (χ0) is 44.1. The number of fused-ring (bicyclic) bond motifs is 4. The topological polar surface area (TPSA) is 235 Å². The van der Waals surface area contributed by atoms with Crippen LogP contribution in [0.25, 0.3) is 44.5 Å². The smallest absolute Gasteiger partial charge is 0.248 e. The molecule has 0 saturated carbocycles. The van der Waals surface area contributed by atoms with Crippen molar-refractivity contribution in [1.82, 2.24) is 43.6 Å². The van der Waals surface area contributed by atoms with Gasteiger partial charge in [-0.15, -0.1) is 0 Å². The van der Waals surface area contributed by atoms with Crippen LogP contribution in [0.1, 0.15) is 74.2 Å². The van der Waals surface area contributed by atoms with E-state index in [4.69, 9.17) is 40.6 Å². The molecule has 5 heterocycles. The lowest BCUT2D eigenvalue weighted by Gasteiger charge is -2.13. The third kappa shape index (κ3) is 8.83. The van der Waals surface area contributed by atoms with Gasteiger partial charge in [0.2, 0.25) is 11.8 Å². The average Bonchev–Trinajstić information content (AvgIpc) is 4.01. The van der Waals surface area contributed by atoms with Crippen LogP contribution >= 0.6 is 0 Å². The quantitative estimate of drug-likeness (QED) is 0.0517. The van der Waals surface area contributed by atoms with Gasteiger partial charge in [0.15, 0.2) is 11.6 Å². The Balaban J connectivity index is 1.34. The summed E-state index contributed by atoms with van der Waals surface area (Å²) in [4.78, 5) is 53.7. The third-order valence-corrected chi connectivity index (χ3v) is 10.5. The number of nitrogens with zero attached hydrogens (tertiary/aromatic N) is 9. The van der Waals surface area contributed by atoms with Crippen molar-refractivity contribution in [1.29, 1.82) is 0 Å². The van der Waals surface area contributed by atoms with Gasteiger partial charge < -0.3 is 39.9 Å². The maximum atomic E-state index is 13.9. The Labute approximate surface area is 357 Å². The van der Waals surface area contributed by atoms with E-state index in [0.29, 0.717) is 101 Å². The minimum atomic E-state index is -0.637. The minimum absolute atomic E-state index is 0.0527. The van der Waals surface area contributed by atoms with Crippen LogP contribution in [0, 0.1) is 13.8 Å². The number of benzene rings is 2. The summed E-state index contributed by atoms with van der Waals surface area (Å²) in [5, 5.41) is 19.9. The van der Waals surface area contributed by atoms with Gasteiger partial charge in [0.1, 0.15) is 28.6 Å². The number of primary amides is 2. The number of hydrogen-bond acceptors (Lipinski definition) is 12. The molecule has 18 nitrogen and oxygen atoms in total. The van der Waals surface area contributed by atoms with Gasteiger partial charge in [-0.3, -0.25) is 23.7 Å². The van der Waals surface area contributed by atoms with Gasteiger partial charge in [-0.05, 0) is 64.1 Å². The number of methoxy groups -OCH3 is 1. The van der Waals surface area contributed by atoms with Crippen LogP contribution in [0.4, 0.5) is 0 Å². The van der Waals surface area contributed by atoms with Crippen LogP contribution < -0.4 is 16.2 Å². The summed E-state index contributed by atoms with van der Waals surface area (Å²) in [5.41, 5.74) is 17.9. The molecule has 5 N–H and O–H groups in total. The average molecular weight is 846 g/mol. The van der Waals surface area contributed by atoms with Crippen molar-refractivity contribution in [3.8, 4) is 17.3 Å². The number of aromatic nitrogens is 9. The first-order valence-corrected chi connectivity index (χ1v) is 20.5. The molecule has 2 amide bonds. The molecule has 0 aliphatic heterocycles. The highest BCUT2D eigenvalue weighted by Crippen LogP contribution is 2.37. The van der Waals surface area contributed by atoms with Crippen molar-refractivity contribution in [3.63, 3.8) is 0 Å². The first kappa shape index (κ1) is 43.3. The van der Waals surface area contributed by atoms with E-state index >= 15 is 0 Å². The largest absolute Gasteiger partial charge is 0.491 e. The molecular weight excluding hydrogens is 795 g/mol. The van der Waals surface area contributed by atoms with Gasteiger partial charge >= 0.3 is 0 Å². The van der Waals surface area contributed by atoms with Gasteiger partial charge in [0.05, 0.1) is 60.8 Å². The second-order valence-corrected chi connectivity index (χ2v) is 14.8. The molecule has 0 radical (unpaired) electrons. The molecule has 0 atom stereocenters. The fourth-order valence-corrected chi connectivity index (χ4v) is 7.71. The number of carbonyl (C=O) groups is 3. The number of ether oxygens (including phenoxy) is 3. The normalized spacial score (nSPS) is 11.8. The van der Waals surface area contributed by atoms with E-state index in [2.05, 4.69) is 10.2 Å². The van der Waals surface area contributed by atoms with Crippen LogP contribution in [0.2, 0.25) is 0 Å². The lowest BCUT2D eigenvalue weighted by Crippen LogP contribution is -2.15. The summed E-state index contributed by atoms with van der Waals surface area (Å²) >= 11 is 0. The number of Topliss-reactive ketones (excluding diaryl/α,β-unsaturated/α-hetero) is 1. The number of ketones is 1. The zero-order valence-electron chi connectivity index (χ0n) is 35.6. The molecule has 18 heteroatoms. The zero-order valence-corrected chi connectivity index (χ0v) is 35.6. The van der Waals surface area contributed by atoms with Crippen molar-refractivity contribution in [2.45, 2.75) is 73.3 Å². The maximum absolute atomic E-state index is 13.9. The van der Waals surface area contributed by atoms with Crippen LogP contribution in [0.5, 0.6) is 5.75 Å². The second kappa shape index (κ2) is 18.9. The van der Waals surface area contributed by atoms with Crippen LogP contribution in [-0.4, -0.2) is 99.9 Å². The molecule has 0 aliphatic rings. The van der Waals surface area contributed by atoms with Crippen molar-refractivity contribution >= 4 is 50.6 Å². The molecule has 0 fully saturated rings. The van der Waals surface area contributed by atoms with Gasteiger partial charge in [0.25, 0.3) is 0 Å². The van der Waals surface area contributed by atoms with E-state index < -0.39 is 11.8 Å². The molecule has 0 saturated heterocycles. The number of rotatable bonds is 21. The lowest BCUT2D eigenvalue weighted by molar-refractivity contribution is 0.0819. The van der Waals surface area contributed by atoms with E-state index in [1.165, 1.54) is 0 Å². The molecule has 0 spiro atoms. The highest BCUT2D eigenvalue weighted by molar-refractivity contribution is 6.11. The predicted octanol–water partition coefficient (Wildman–Crippen LogP) is 4.45. The Morgan fingerprint density at radius 1 is 0.806 bits per heavy atom. The van der Waals surface area contributed by atoms with Crippen molar-refractivity contribution in [2.24, 2.45) is 11.5 Å². The number of hydrogen-bond donors (Lipinski definition) is 3. The van der Waals surface area contributed by atoms with Gasteiger partial charge in [-0.2, -0.15) is 10.2 Å². The predicted molar refractivity (Wildman–Crippen MR) is 232 cm³/mol. The van der Waals surface area contributed by atoms with Crippen LogP contribution in [0.3, 0.4) is 0 Å². The second-order valence-electron chi connectivity index (χ2n) is 14.8. The maximum Gasteiger partial charge on any atom is 0.248 e. The molecule has 0 aliphatic carbocycles. The SMILES string of the molecule is CCn1nc(C)cc1C(=O)Cc1nc2cc(C(N)=O)cc(COCCO)c2n1C/C=C/Cn1c2nc(-c3cc(C)nn3CC)ncc2c2cc(C(N)=O)cc(OCCCOC)c21. The summed E-state index contributed by atoms with van der Waals surface area (Å²) in [7, 11) is 1.62. The number of aliphatic hydroxyl groups is 1. The summed E-state index contributed by atoms with van der Waals surface area (Å²) in [5.74, 6) is -0.0122. The van der Waals surface area contributed by atoms with Crippen LogP contribution in [-0.2, 0) is 48.7 Å². The standard InChI is InChI=1S/C44H51N11O7/c1-6-54-34(17-26(3)50-54)36(57)23-38-48-33-21-28(41(45)58)19-30(25-61-16-13-56)39(33)52(38)11-8-9-12-53-40-31(20-29(42(46)59)22-37(40)62-15-10-14-60-5)32-24-47-43(49-44(32)53)35-18-27(4)51-55(35)7-2/h8-9,17-22,24,56H,6-7,10-16,23,25H2,1-5H3,(H2,45,58)(H2,46,59)/b9-8+. The molecule has 0 unspecified atom stereocenters. The van der Waals surface area contributed by atoms with E-state index in [1.54, 1.807) is 48.3 Å². The Morgan fingerprint density at radius 3 is 2.23 bits per heavy atom. The number of amides is 2. The van der Waals surface area contributed by atoms with E-state index in [1.807, 2.05) is 59.7 Å². The van der Waals surface area contributed by atoms with Crippen molar-refractivity contribution in [3.05, 3.63) is 94.3 Å². The van der Waals surface area contributed by atoms with Gasteiger partial charge in [0, 0.05) is 80.0 Å². The Kier molecular flexibility index (Phi) is 13.2. The van der Waals surface area contributed by atoms with E-state index in [0.717, 1.165) is 17.1 Å². The van der Waals surface area contributed by atoms with Crippen molar-refractivity contribution < 1.29 is 33.7 Å². The Hall–Kier alpha value is -6.76. The number of imidazole rings is 1. The fourth-order valence-electron chi connectivity index (χ4n) is 7.71. The molecule has 62 heavy (non-hydrogen) atoms. The fraction of sp³-hybridized carbons (Fsp3) is 0.364. The summed E-state index contributed by atoms with van der Waals surface area (Å²) < 4.78 is 24.8. The summed E-state index contributed by atoms with van der Waals surface area (Å²) in [6, 6.07) is 10.3. The number of aliphatic hydroxyl groups excluding tert-OH is 1. The highest BCUT2D eigenvalue weighted by atomic mass is 16.5. The number of nitrogens with two attached hydrogens (primary N) is 2. The number of aryl methyl sites for hydroxylation is 4. The van der Waals surface area contributed by atoms with Gasteiger partial charge in [-0.25, -0.2) is 15.0 Å². The molecule has 7 rings (SSSR count). The number of allylic oxidation sites excluding steroid dienone is 2. The molecule has 324 valence electrons.